The first-order valence-electron chi connectivity index (χ1n) is 4.83. The van der Waals surface area contributed by atoms with E-state index in [0.717, 1.165) is 5.56 Å². The Hall–Kier alpha value is -1.88. The Morgan fingerprint density at radius 2 is 2.06 bits per heavy atom. The van der Waals surface area contributed by atoms with Gasteiger partial charge >= 0.3 is 5.97 Å². The van der Waals surface area contributed by atoms with Crippen LogP contribution in [-0.4, -0.2) is 30.6 Å². The Labute approximate surface area is 93.5 Å². The molecule has 0 aromatic heterocycles. The molecular formula is C11H14N2O3. The van der Waals surface area contributed by atoms with Crippen LogP contribution in [0.25, 0.3) is 0 Å². The minimum absolute atomic E-state index is 0.159. The lowest BCUT2D eigenvalue weighted by atomic mass is 10.1. The average Bonchev–Trinajstić information content (AvgIpc) is 2.21. The summed E-state index contributed by atoms with van der Waals surface area (Å²) in [5, 5.41) is 14.2. The number of carbonyl (C=O) groups is 2. The van der Waals surface area contributed by atoms with E-state index in [4.69, 9.17) is 5.11 Å². The first-order valence-corrected chi connectivity index (χ1v) is 4.83. The quantitative estimate of drug-likeness (QED) is 0.705. The second-order valence-corrected chi connectivity index (χ2v) is 3.41. The number of likely N-dealkylation sites (N-methyl/N-ethyl adjacent to an activating group) is 1. The molecule has 1 amide bonds. The highest BCUT2D eigenvalue weighted by Crippen LogP contribution is 2.16. The molecule has 0 aliphatic carbocycles. The van der Waals surface area contributed by atoms with Crippen LogP contribution in [0.5, 0.6) is 0 Å². The predicted octanol–water partition coefficient (Wildman–Crippen LogP) is 0.851. The fourth-order valence-corrected chi connectivity index (χ4v) is 1.29. The number of rotatable bonds is 4. The number of carboxylic acid groups (broad SMARTS) is 1. The molecule has 0 aliphatic heterocycles. The number of anilines is 1. The molecule has 0 aliphatic rings. The summed E-state index contributed by atoms with van der Waals surface area (Å²) in [6.45, 7) is 1.97. The van der Waals surface area contributed by atoms with E-state index in [1.54, 1.807) is 20.0 Å². The number of aromatic carboxylic acids is 1. The van der Waals surface area contributed by atoms with Crippen molar-refractivity contribution in [3.8, 4) is 0 Å². The number of amides is 1. The van der Waals surface area contributed by atoms with Gasteiger partial charge in [-0.15, -0.1) is 0 Å². The summed E-state index contributed by atoms with van der Waals surface area (Å²) >= 11 is 0. The van der Waals surface area contributed by atoms with Crippen molar-refractivity contribution in [2.45, 2.75) is 6.92 Å². The number of carboxylic acids is 1. The topological polar surface area (TPSA) is 78.4 Å². The van der Waals surface area contributed by atoms with Crippen molar-refractivity contribution in [1.29, 1.82) is 0 Å². The Bertz CT molecular complexity index is 416. The molecule has 1 aromatic carbocycles. The van der Waals surface area contributed by atoms with Crippen LogP contribution in [0.2, 0.25) is 0 Å². The number of benzene rings is 1. The van der Waals surface area contributed by atoms with Crippen LogP contribution in [0.3, 0.4) is 0 Å². The van der Waals surface area contributed by atoms with E-state index in [1.807, 2.05) is 0 Å². The predicted molar refractivity (Wildman–Crippen MR) is 60.7 cm³/mol. The highest BCUT2D eigenvalue weighted by Gasteiger charge is 2.07. The van der Waals surface area contributed by atoms with Crippen LogP contribution in [0.4, 0.5) is 5.69 Å². The molecule has 0 saturated heterocycles. The summed E-state index contributed by atoms with van der Waals surface area (Å²) in [7, 11) is 1.68. The van der Waals surface area contributed by atoms with Gasteiger partial charge < -0.3 is 15.7 Å². The normalized spacial score (nSPS) is 9.88. The lowest BCUT2D eigenvalue weighted by Crippen LogP contribution is -2.25. The summed E-state index contributed by atoms with van der Waals surface area (Å²) in [5.41, 5.74) is 1.57. The van der Waals surface area contributed by atoms with Gasteiger partial charge in [0.05, 0.1) is 12.1 Å². The van der Waals surface area contributed by atoms with E-state index < -0.39 is 5.97 Å². The van der Waals surface area contributed by atoms with Crippen molar-refractivity contribution in [3.63, 3.8) is 0 Å². The molecule has 5 nitrogen and oxygen atoms in total. The van der Waals surface area contributed by atoms with Crippen LogP contribution in [0.15, 0.2) is 18.2 Å². The molecule has 0 atom stereocenters. The summed E-state index contributed by atoms with van der Waals surface area (Å²) in [5.74, 6) is -1.13. The van der Waals surface area contributed by atoms with Crippen LogP contribution >= 0.6 is 0 Å². The smallest absolute Gasteiger partial charge is 0.335 e. The van der Waals surface area contributed by atoms with Gasteiger partial charge in [-0.3, -0.25) is 4.79 Å². The fraction of sp³-hybridized carbons (Fsp3) is 0.273. The number of nitrogens with one attached hydrogen (secondary N) is 2. The zero-order valence-corrected chi connectivity index (χ0v) is 9.20. The van der Waals surface area contributed by atoms with Crippen molar-refractivity contribution in [2.75, 3.05) is 18.9 Å². The largest absolute Gasteiger partial charge is 0.478 e. The van der Waals surface area contributed by atoms with Gasteiger partial charge in [0.15, 0.2) is 0 Å². The first-order chi connectivity index (χ1) is 7.54. The lowest BCUT2D eigenvalue weighted by molar-refractivity contribution is -0.115. The summed E-state index contributed by atoms with van der Waals surface area (Å²) < 4.78 is 0. The zero-order valence-electron chi connectivity index (χ0n) is 9.20. The molecule has 5 heteroatoms. The van der Waals surface area contributed by atoms with Crippen LogP contribution in [-0.2, 0) is 4.79 Å². The van der Waals surface area contributed by atoms with E-state index in [0.29, 0.717) is 5.69 Å². The molecule has 1 aromatic rings. The number of hydrogen-bond donors (Lipinski definition) is 3. The van der Waals surface area contributed by atoms with E-state index in [2.05, 4.69) is 10.6 Å². The molecular weight excluding hydrogens is 208 g/mol. The van der Waals surface area contributed by atoms with Gasteiger partial charge in [0.25, 0.3) is 0 Å². The van der Waals surface area contributed by atoms with Crippen LogP contribution in [0, 0.1) is 6.92 Å². The van der Waals surface area contributed by atoms with Gasteiger partial charge in [0.2, 0.25) is 5.91 Å². The molecule has 0 fully saturated rings. The molecule has 0 unspecified atom stereocenters. The maximum absolute atomic E-state index is 11.3. The highest BCUT2D eigenvalue weighted by atomic mass is 16.4. The van der Waals surface area contributed by atoms with Gasteiger partial charge in [-0.2, -0.15) is 0 Å². The minimum atomic E-state index is -0.976. The van der Waals surface area contributed by atoms with Crippen LogP contribution in [0.1, 0.15) is 15.9 Å². The second-order valence-electron chi connectivity index (χ2n) is 3.41. The molecule has 16 heavy (non-hydrogen) atoms. The first kappa shape index (κ1) is 12.2. The van der Waals surface area contributed by atoms with E-state index >= 15 is 0 Å². The van der Waals surface area contributed by atoms with Gasteiger partial charge in [0, 0.05) is 5.69 Å². The van der Waals surface area contributed by atoms with E-state index in [9.17, 15) is 9.59 Å². The number of aryl methyl sites for hydroxylation is 1. The second kappa shape index (κ2) is 5.27. The summed E-state index contributed by atoms with van der Waals surface area (Å²) in [6.07, 6.45) is 0. The van der Waals surface area contributed by atoms with Crippen molar-refractivity contribution >= 4 is 17.6 Å². The number of hydrogen-bond acceptors (Lipinski definition) is 3. The van der Waals surface area contributed by atoms with Crippen LogP contribution < -0.4 is 10.6 Å². The Morgan fingerprint density at radius 1 is 1.38 bits per heavy atom. The standard InChI is InChI=1S/C11H14N2O3/c1-7-5-8(11(15)16)3-4-9(7)13-10(14)6-12-2/h3-5,12H,6H2,1-2H3,(H,13,14)(H,15,16). The molecule has 0 heterocycles. The maximum atomic E-state index is 11.3. The molecule has 0 radical (unpaired) electrons. The zero-order chi connectivity index (χ0) is 12.1. The molecule has 86 valence electrons. The SMILES string of the molecule is CNCC(=O)Nc1ccc(C(=O)O)cc1C. The summed E-state index contributed by atoms with van der Waals surface area (Å²) in [4.78, 5) is 22.0. The third-order valence-corrected chi connectivity index (χ3v) is 2.08. The summed E-state index contributed by atoms with van der Waals surface area (Å²) in [6, 6.07) is 4.58. The molecule has 3 N–H and O–H groups in total. The lowest BCUT2D eigenvalue weighted by Gasteiger charge is -2.08. The third kappa shape index (κ3) is 3.06. The van der Waals surface area contributed by atoms with Gasteiger partial charge in [-0.25, -0.2) is 4.79 Å². The average molecular weight is 222 g/mol. The Balaban J connectivity index is 2.83. The third-order valence-electron chi connectivity index (χ3n) is 2.08. The van der Waals surface area contributed by atoms with E-state index in [-0.39, 0.29) is 18.0 Å². The van der Waals surface area contributed by atoms with Crippen molar-refractivity contribution in [3.05, 3.63) is 29.3 Å². The fourth-order valence-electron chi connectivity index (χ4n) is 1.29. The van der Waals surface area contributed by atoms with Crippen molar-refractivity contribution in [2.24, 2.45) is 0 Å². The monoisotopic (exact) mass is 222 g/mol. The molecule has 0 spiro atoms. The molecule has 1 rings (SSSR count). The van der Waals surface area contributed by atoms with Gasteiger partial charge in [-0.1, -0.05) is 0 Å². The minimum Gasteiger partial charge on any atom is -0.478 e. The van der Waals surface area contributed by atoms with E-state index in [1.165, 1.54) is 12.1 Å². The Kier molecular flexibility index (Phi) is 4.02. The van der Waals surface area contributed by atoms with Crippen molar-refractivity contribution < 1.29 is 14.7 Å². The molecule has 0 saturated carbocycles. The van der Waals surface area contributed by atoms with Gasteiger partial charge in [-0.05, 0) is 37.7 Å². The number of carbonyl (C=O) groups excluding carboxylic acids is 1. The maximum Gasteiger partial charge on any atom is 0.335 e. The van der Waals surface area contributed by atoms with Gasteiger partial charge in [0.1, 0.15) is 0 Å². The highest BCUT2D eigenvalue weighted by molar-refractivity contribution is 5.94. The molecule has 0 bridgehead atoms. The Morgan fingerprint density at radius 3 is 2.56 bits per heavy atom. The van der Waals surface area contributed by atoms with Crippen molar-refractivity contribution in [1.82, 2.24) is 5.32 Å².